The number of hydrogen-bond donors (Lipinski definition) is 0. The van der Waals surface area contributed by atoms with E-state index < -0.39 is 0 Å². The van der Waals surface area contributed by atoms with Crippen molar-refractivity contribution in [2.24, 2.45) is 0 Å². The molecule has 2 rings (SSSR count). The molecule has 1 aromatic rings. The summed E-state index contributed by atoms with van der Waals surface area (Å²) in [6.07, 6.45) is 2.68. The fourth-order valence-electron chi connectivity index (χ4n) is 1.76. The Labute approximate surface area is 105 Å². The highest BCUT2D eigenvalue weighted by molar-refractivity contribution is 9.10. The number of benzene rings is 1. The van der Waals surface area contributed by atoms with Crippen LogP contribution in [0, 0.1) is 0 Å². The summed E-state index contributed by atoms with van der Waals surface area (Å²) < 4.78 is 1.14. The number of rotatable bonds is 5. The molecule has 0 aliphatic heterocycles. The van der Waals surface area contributed by atoms with Crippen LogP contribution in [0.5, 0.6) is 0 Å². The van der Waals surface area contributed by atoms with Gasteiger partial charge in [0, 0.05) is 29.5 Å². The lowest BCUT2D eigenvalue weighted by atomic mass is 10.2. The minimum absolute atomic E-state index is 0.729. The molecule has 0 spiro atoms. The van der Waals surface area contributed by atoms with Crippen LogP contribution >= 0.6 is 27.5 Å². The summed E-state index contributed by atoms with van der Waals surface area (Å²) in [5.41, 5.74) is 1.37. The molecule has 0 saturated heterocycles. The van der Waals surface area contributed by atoms with Gasteiger partial charge in [-0.25, -0.2) is 0 Å². The second kappa shape index (κ2) is 5.33. The molecule has 0 N–H and O–H groups in total. The van der Waals surface area contributed by atoms with E-state index in [4.69, 9.17) is 11.6 Å². The largest absolute Gasteiger partial charge is 0.295 e. The number of alkyl halides is 1. The van der Waals surface area contributed by atoms with Gasteiger partial charge in [0.15, 0.2) is 0 Å². The predicted molar refractivity (Wildman–Crippen MR) is 68.3 cm³/mol. The molecule has 0 heterocycles. The maximum Gasteiger partial charge on any atom is 0.0351 e. The van der Waals surface area contributed by atoms with E-state index in [-0.39, 0.29) is 0 Å². The van der Waals surface area contributed by atoms with Crippen LogP contribution in [0.3, 0.4) is 0 Å². The van der Waals surface area contributed by atoms with Gasteiger partial charge in [-0.1, -0.05) is 28.1 Å². The Kier molecular flexibility index (Phi) is 4.06. The highest BCUT2D eigenvalue weighted by Crippen LogP contribution is 2.28. The molecule has 15 heavy (non-hydrogen) atoms. The Hall–Kier alpha value is -0.0500. The molecule has 0 radical (unpaired) electrons. The van der Waals surface area contributed by atoms with Gasteiger partial charge in [0.1, 0.15) is 0 Å². The van der Waals surface area contributed by atoms with Gasteiger partial charge in [0.2, 0.25) is 0 Å². The molecule has 0 unspecified atom stereocenters. The second-order valence-corrected chi connectivity index (χ2v) is 5.31. The van der Waals surface area contributed by atoms with E-state index in [1.807, 2.05) is 0 Å². The zero-order valence-corrected chi connectivity index (χ0v) is 11.0. The van der Waals surface area contributed by atoms with Gasteiger partial charge in [0.05, 0.1) is 0 Å². The van der Waals surface area contributed by atoms with E-state index in [0.717, 1.165) is 29.5 Å². The van der Waals surface area contributed by atoms with Crippen molar-refractivity contribution in [2.75, 3.05) is 12.4 Å². The first-order valence-electron chi connectivity index (χ1n) is 5.34. The number of hydrogen-bond acceptors (Lipinski definition) is 1. The molecule has 3 heteroatoms. The zero-order chi connectivity index (χ0) is 10.7. The normalized spacial score (nSPS) is 15.9. The summed E-state index contributed by atoms with van der Waals surface area (Å²) in [4.78, 5) is 2.48. The fraction of sp³-hybridized carbons (Fsp3) is 0.500. The Morgan fingerprint density at radius 3 is 2.47 bits per heavy atom. The highest BCUT2D eigenvalue weighted by Gasteiger charge is 2.28. The number of halogens is 2. The summed E-state index contributed by atoms with van der Waals surface area (Å²) >= 11 is 9.26. The van der Waals surface area contributed by atoms with Crippen molar-refractivity contribution in [3.8, 4) is 0 Å². The molecule has 1 aliphatic rings. The molecule has 1 aromatic carbocycles. The minimum Gasteiger partial charge on any atom is -0.295 e. The van der Waals surface area contributed by atoms with Crippen LogP contribution < -0.4 is 0 Å². The van der Waals surface area contributed by atoms with Gasteiger partial charge in [-0.2, -0.15) is 0 Å². The van der Waals surface area contributed by atoms with Crippen LogP contribution in [-0.2, 0) is 6.54 Å². The van der Waals surface area contributed by atoms with E-state index in [1.165, 1.54) is 18.4 Å². The van der Waals surface area contributed by atoms with Crippen LogP contribution in [0.1, 0.15) is 18.4 Å². The smallest absolute Gasteiger partial charge is 0.0351 e. The van der Waals surface area contributed by atoms with Crippen LogP contribution in [0.25, 0.3) is 0 Å². The average molecular weight is 289 g/mol. The Morgan fingerprint density at radius 1 is 1.27 bits per heavy atom. The highest BCUT2D eigenvalue weighted by atomic mass is 79.9. The van der Waals surface area contributed by atoms with Crippen molar-refractivity contribution in [1.82, 2.24) is 4.90 Å². The van der Waals surface area contributed by atoms with Crippen molar-refractivity contribution in [1.29, 1.82) is 0 Å². The van der Waals surface area contributed by atoms with Crippen molar-refractivity contribution < 1.29 is 0 Å². The Bertz CT molecular complexity index is 308. The zero-order valence-electron chi connectivity index (χ0n) is 8.63. The first-order valence-corrected chi connectivity index (χ1v) is 6.67. The molecule has 1 fully saturated rings. The summed E-state index contributed by atoms with van der Waals surface area (Å²) in [6.45, 7) is 2.03. The predicted octanol–water partition coefficient (Wildman–Crippen LogP) is 3.65. The maximum atomic E-state index is 5.81. The van der Waals surface area contributed by atoms with Gasteiger partial charge in [-0.3, -0.25) is 4.90 Å². The van der Waals surface area contributed by atoms with Gasteiger partial charge in [-0.15, -0.1) is 11.6 Å². The van der Waals surface area contributed by atoms with Crippen LogP contribution in [0.4, 0.5) is 0 Å². The lowest BCUT2D eigenvalue weighted by Crippen LogP contribution is -2.27. The Morgan fingerprint density at radius 2 is 1.93 bits per heavy atom. The molecule has 0 amide bonds. The van der Waals surface area contributed by atoms with E-state index in [0.29, 0.717) is 0 Å². The third-order valence-corrected chi connectivity index (χ3v) is 3.43. The molecule has 0 atom stereocenters. The van der Waals surface area contributed by atoms with Crippen molar-refractivity contribution in [3.63, 3.8) is 0 Å². The summed E-state index contributed by atoms with van der Waals surface area (Å²) in [5.74, 6) is 0.729. The first kappa shape index (κ1) is 11.4. The van der Waals surface area contributed by atoms with Gasteiger partial charge < -0.3 is 0 Å². The van der Waals surface area contributed by atoms with Crippen molar-refractivity contribution in [2.45, 2.75) is 25.4 Å². The molecule has 1 nitrogen and oxygen atoms in total. The van der Waals surface area contributed by atoms with E-state index in [1.54, 1.807) is 0 Å². The average Bonchev–Trinajstić information content (AvgIpc) is 3.04. The van der Waals surface area contributed by atoms with Crippen molar-refractivity contribution in [3.05, 3.63) is 34.3 Å². The summed E-state index contributed by atoms with van der Waals surface area (Å²) in [5, 5.41) is 0. The maximum absolute atomic E-state index is 5.81. The third kappa shape index (κ3) is 3.47. The molecule has 1 aliphatic carbocycles. The van der Waals surface area contributed by atoms with Crippen LogP contribution in [0.2, 0.25) is 0 Å². The van der Waals surface area contributed by atoms with Crippen molar-refractivity contribution >= 4 is 27.5 Å². The Balaban J connectivity index is 1.95. The topological polar surface area (TPSA) is 3.24 Å². The molecular formula is C12H15BrClN. The fourth-order valence-corrected chi connectivity index (χ4v) is 2.24. The first-order chi connectivity index (χ1) is 7.29. The standard InChI is InChI=1S/C12H15BrClN/c13-11-3-1-10(2-4-11)9-15(8-7-14)12-5-6-12/h1-4,12H,5-9H2. The van der Waals surface area contributed by atoms with Crippen LogP contribution in [-0.4, -0.2) is 23.4 Å². The van der Waals surface area contributed by atoms with Gasteiger partial charge >= 0.3 is 0 Å². The third-order valence-electron chi connectivity index (χ3n) is 2.73. The van der Waals surface area contributed by atoms with Crippen LogP contribution in [0.15, 0.2) is 28.7 Å². The van der Waals surface area contributed by atoms with E-state index in [9.17, 15) is 0 Å². The molecule has 0 bridgehead atoms. The minimum atomic E-state index is 0.729. The van der Waals surface area contributed by atoms with Gasteiger partial charge in [0.25, 0.3) is 0 Å². The molecule has 82 valence electrons. The lowest BCUT2D eigenvalue weighted by Gasteiger charge is -2.20. The monoisotopic (exact) mass is 287 g/mol. The summed E-state index contributed by atoms with van der Waals surface area (Å²) in [6, 6.07) is 9.33. The number of nitrogens with zero attached hydrogens (tertiary/aromatic N) is 1. The summed E-state index contributed by atoms with van der Waals surface area (Å²) in [7, 11) is 0. The van der Waals surface area contributed by atoms with E-state index >= 15 is 0 Å². The lowest BCUT2D eigenvalue weighted by molar-refractivity contribution is 0.271. The second-order valence-electron chi connectivity index (χ2n) is 4.02. The van der Waals surface area contributed by atoms with E-state index in [2.05, 4.69) is 45.1 Å². The molecule has 0 aromatic heterocycles. The molecule has 1 saturated carbocycles. The van der Waals surface area contributed by atoms with Gasteiger partial charge in [-0.05, 0) is 30.5 Å². The SMILES string of the molecule is ClCCN(Cc1ccc(Br)cc1)C1CC1. The quantitative estimate of drug-likeness (QED) is 0.748. The molecular weight excluding hydrogens is 273 g/mol.